The number of nitrogens with one attached hydrogen (secondary N) is 1. The molecule has 4 rings (SSSR count). The van der Waals surface area contributed by atoms with Gasteiger partial charge in [0.1, 0.15) is 11.5 Å². The Morgan fingerprint density at radius 1 is 0.867 bits per heavy atom. The van der Waals surface area contributed by atoms with Gasteiger partial charge in [-0.05, 0) is 67.4 Å². The molecule has 0 unspecified atom stereocenters. The van der Waals surface area contributed by atoms with Crippen molar-refractivity contribution in [2.24, 2.45) is 0 Å². The van der Waals surface area contributed by atoms with Crippen LogP contribution in [0.3, 0.4) is 0 Å². The van der Waals surface area contributed by atoms with Crippen LogP contribution in [0.4, 0.5) is 5.69 Å². The van der Waals surface area contributed by atoms with Crippen molar-refractivity contribution in [2.75, 3.05) is 25.3 Å². The van der Waals surface area contributed by atoms with Crippen molar-refractivity contribution in [3.63, 3.8) is 0 Å². The van der Waals surface area contributed by atoms with Gasteiger partial charge in [-0.25, -0.2) is 0 Å². The number of hydrogen-bond donors (Lipinski definition) is 1. The van der Waals surface area contributed by atoms with E-state index in [2.05, 4.69) is 67.7 Å². The third-order valence-electron chi connectivity index (χ3n) is 5.23. The van der Waals surface area contributed by atoms with Gasteiger partial charge in [0.05, 0.1) is 19.8 Å². The number of fused-ring (bicyclic) bond motifs is 1. The zero-order valence-electron chi connectivity index (χ0n) is 17.9. The molecule has 3 nitrogen and oxygen atoms in total. The third-order valence-corrected chi connectivity index (χ3v) is 6.29. The second-order valence-corrected chi connectivity index (χ2v) is 8.99. The lowest BCUT2D eigenvalue weighted by Gasteiger charge is -2.32. The van der Waals surface area contributed by atoms with Crippen molar-refractivity contribution in [1.29, 1.82) is 0 Å². The Bertz CT molecular complexity index is 1070. The van der Waals surface area contributed by atoms with Gasteiger partial charge >= 0.3 is 0 Å². The smallest absolute Gasteiger partial charge is 0.126 e. The molecule has 4 heteroatoms. The Labute approximate surface area is 183 Å². The Morgan fingerprint density at radius 2 is 1.63 bits per heavy atom. The quantitative estimate of drug-likeness (QED) is 0.449. The Balaban J connectivity index is 1.66. The summed E-state index contributed by atoms with van der Waals surface area (Å²) in [6, 6.07) is 23.0. The largest absolute Gasteiger partial charge is 0.497 e. The number of ether oxygens (including phenoxy) is 2. The number of hydrogen-bond acceptors (Lipinski definition) is 4. The molecule has 154 valence electrons. The van der Waals surface area contributed by atoms with Crippen molar-refractivity contribution in [3.8, 4) is 22.6 Å². The highest BCUT2D eigenvalue weighted by Gasteiger charge is 2.25. The fourth-order valence-electron chi connectivity index (χ4n) is 3.82. The maximum Gasteiger partial charge on any atom is 0.126 e. The van der Waals surface area contributed by atoms with Crippen molar-refractivity contribution < 1.29 is 9.47 Å². The third kappa shape index (κ3) is 4.34. The summed E-state index contributed by atoms with van der Waals surface area (Å²) in [4.78, 5) is 1.23. The van der Waals surface area contributed by atoms with E-state index in [0.717, 1.165) is 28.4 Å². The zero-order valence-corrected chi connectivity index (χ0v) is 18.7. The van der Waals surface area contributed by atoms with E-state index in [1.807, 2.05) is 36.0 Å². The summed E-state index contributed by atoms with van der Waals surface area (Å²) in [5.74, 6) is 2.67. The molecule has 1 heterocycles. The molecular formula is C26H27NO2S. The molecule has 3 aromatic rings. The van der Waals surface area contributed by atoms with Gasteiger partial charge in [0.25, 0.3) is 0 Å². The van der Waals surface area contributed by atoms with E-state index < -0.39 is 0 Å². The van der Waals surface area contributed by atoms with Gasteiger partial charge in [-0.1, -0.05) is 30.3 Å². The number of rotatable bonds is 6. The zero-order chi connectivity index (χ0) is 21.1. The van der Waals surface area contributed by atoms with Crippen LogP contribution in [-0.4, -0.2) is 25.5 Å². The van der Waals surface area contributed by atoms with E-state index in [-0.39, 0.29) is 5.54 Å². The molecule has 0 atom stereocenters. The predicted molar refractivity (Wildman–Crippen MR) is 128 cm³/mol. The molecule has 1 aliphatic rings. The number of methoxy groups -OCH3 is 2. The van der Waals surface area contributed by atoms with Gasteiger partial charge in [0.2, 0.25) is 0 Å². The molecule has 1 aliphatic heterocycles. The lowest BCUT2D eigenvalue weighted by atomic mass is 9.89. The molecule has 0 fully saturated rings. The molecule has 0 aromatic heterocycles. The first-order valence-corrected chi connectivity index (χ1v) is 11.0. The van der Waals surface area contributed by atoms with Crippen LogP contribution in [0.25, 0.3) is 16.7 Å². The van der Waals surface area contributed by atoms with E-state index in [1.54, 1.807) is 14.2 Å². The molecule has 0 saturated heterocycles. The summed E-state index contributed by atoms with van der Waals surface area (Å²) in [6.45, 7) is 4.42. The van der Waals surface area contributed by atoms with Gasteiger partial charge in [0, 0.05) is 27.5 Å². The van der Waals surface area contributed by atoms with Gasteiger partial charge in [-0.2, -0.15) is 0 Å². The first-order chi connectivity index (χ1) is 14.5. The SMILES string of the molecule is COc1ccc(SCC2=CC(C)(C)Nc3ccc(-c4ccccc4OC)cc32)cc1. The molecule has 0 amide bonds. The summed E-state index contributed by atoms with van der Waals surface area (Å²) in [5, 5.41) is 3.65. The van der Waals surface area contributed by atoms with Crippen molar-refractivity contribution in [1.82, 2.24) is 0 Å². The van der Waals surface area contributed by atoms with Crippen molar-refractivity contribution in [2.45, 2.75) is 24.3 Å². The van der Waals surface area contributed by atoms with E-state index >= 15 is 0 Å². The molecule has 0 radical (unpaired) electrons. The normalized spacial score (nSPS) is 14.3. The minimum Gasteiger partial charge on any atom is -0.497 e. The highest BCUT2D eigenvalue weighted by atomic mass is 32.2. The first-order valence-electron chi connectivity index (χ1n) is 10.0. The van der Waals surface area contributed by atoms with Crippen molar-refractivity contribution >= 4 is 23.0 Å². The Kier molecular flexibility index (Phi) is 5.78. The molecule has 0 aliphatic carbocycles. The molecule has 0 bridgehead atoms. The van der Waals surface area contributed by atoms with Crippen LogP contribution in [0, 0.1) is 0 Å². The number of thioether (sulfide) groups is 1. The minimum atomic E-state index is -0.0885. The molecule has 1 N–H and O–H groups in total. The molecule has 3 aromatic carbocycles. The minimum absolute atomic E-state index is 0.0885. The Hall–Kier alpha value is -2.85. The highest BCUT2D eigenvalue weighted by molar-refractivity contribution is 7.99. The van der Waals surface area contributed by atoms with Gasteiger partial charge < -0.3 is 14.8 Å². The first kappa shape index (κ1) is 20.4. The summed E-state index contributed by atoms with van der Waals surface area (Å²) < 4.78 is 10.9. The van der Waals surface area contributed by atoms with Crippen LogP contribution in [0.2, 0.25) is 0 Å². The predicted octanol–water partition coefficient (Wildman–Crippen LogP) is 6.75. The van der Waals surface area contributed by atoms with Gasteiger partial charge in [-0.3, -0.25) is 0 Å². The van der Waals surface area contributed by atoms with Crippen LogP contribution in [0.15, 0.2) is 77.7 Å². The van der Waals surface area contributed by atoms with Crippen LogP contribution in [-0.2, 0) is 0 Å². The average molecular weight is 418 g/mol. The average Bonchev–Trinajstić information content (AvgIpc) is 2.77. The maximum absolute atomic E-state index is 5.58. The lowest BCUT2D eigenvalue weighted by Crippen LogP contribution is -2.32. The highest BCUT2D eigenvalue weighted by Crippen LogP contribution is 2.40. The van der Waals surface area contributed by atoms with Gasteiger partial charge in [-0.15, -0.1) is 11.8 Å². The Morgan fingerprint density at radius 3 is 2.37 bits per heavy atom. The summed E-state index contributed by atoms with van der Waals surface area (Å²) >= 11 is 1.84. The maximum atomic E-state index is 5.58. The monoisotopic (exact) mass is 417 g/mol. The van der Waals surface area contributed by atoms with E-state index in [9.17, 15) is 0 Å². The second kappa shape index (κ2) is 8.49. The van der Waals surface area contributed by atoms with Gasteiger partial charge in [0.15, 0.2) is 0 Å². The van der Waals surface area contributed by atoms with Crippen LogP contribution >= 0.6 is 11.8 Å². The number of para-hydroxylation sites is 1. The fourth-order valence-corrected chi connectivity index (χ4v) is 4.71. The summed E-state index contributed by atoms with van der Waals surface area (Å²) in [5.41, 5.74) is 5.94. The molecular weight excluding hydrogens is 390 g/mol. The van der Waals surface area contributed by atoms with Crippen LogP contribution in [0.5, 0.6) is 11.5 Å². The van der Waals surface area contributed by atoms with E-state index in [1.165, 1.54) is 21.7 Å². The molecule has 30 heavy (non-hydrogen) atoms. The van der Waals surface area contributed by atoms with E-state index in [0.29, 0.717) is 0 Å². The number of anilines is 1. The summed E-state index contributed by atoms with van der Waals surface area (Å²) in [7, 11) is 3.42. The standard InChI is InChI=1S/C26H27NO2S/c1-26(2)16-19(17-30-21-12-10-20(28-3)11-13-21)23-15-18(9-14-24(23)27-26)22-7-5-6-8-25(22)29-4/h5-16,27H,17H2,1-4H3. The molecule has 0 spiro atoms. The second-order valence-electron chi connectivity index (χ2n) is 7.94. The van der Waals surface area contributed by atoms with Crippen LogP contribution in [0.1, 0.15) is 19.4 Å². The summed E-state index contributed by atoms with van der Waals surface area (Å²) in [6.07, 6.45) is 2.35. The van der Waals surface area contributed by atoms with Crippen molar-refractivity contribution in [3.05, 3.63) is 78.4 Å². The van der Waals surface area contributed by atoms with Crippen LogP contribution < -0.4 is 14.8 Å². The lowest BCUT2D eigenvalue weighted by molar-refractivity contribution is 0.414. The number of benzene rings is 3. The fraction of sp³-hybridized carbons (Fsp3) is 0.231. The molecule has 0 saturated carbocycles. The topological polar surface area (TPSA) is 30.5 Å². The van der Waals surface area contributed by atoms with E-state index in [4.69, 9.17) is 9.47 Å².